The van der Waals surface area contributed by atoms with Crippen molar-refractivity contribution in [3.8, 4) is 23.5 Å². The molecule has 1 aromatic heterocycles. The lowest BCUT2D eigenvalue weighted by Gasteiger charge is -2.02. The van der Waals surface area contributed by atoms with E-state index in [1.165, 1.54) is 0 Å². The third-order valence-corrected chi connectivity index (χ3v) is 2.40. The normalized spacial score (nSPS) is 9.21. The first-order chi connectivity index (χ1) is 9.22. The molecule has 0 radical (unpaired) electrons. The summed E-state index contributed by atoms with van der Waals surface area (Å²) in [5, 5.41) is 20.8. The fourth-order valence-corrected chi connectivity index (χ4v) is 1.53. The van der Waals surface area contributed by atoms with Crippen LogP contribution in [-0.4, -0.2) is 5.71 Å². The fraction of sp³-hybridized carbons (Fsp3) is 0.0714. The summed E-state index contributed by atoms with van der Waals surface area (Å²) in [5.74, 6) is 1.59. The summed E-state index contributed by atoms with van der Waals surface area (Å²) in [4.78, 5) is 0. The maximum absolute atomic E-state index is 8.58. The molecular formula is C14H10N4O. The van der Waals surface area contributed by atoms with E-state index in [1.54, 1.807) is 18.2 Å². The number of hydrogen-bond acceptors (Lipinski definition) is 5. The number of nitriles is 2. The predicted octanol–water partition coefficient (Wildman–Crippen LogP) is 3.07. The van der Waals surface area contributed by atoms with Crippen molar-refractivity contribution >= 4 is 11.4 Å². The van der Waals surface area contributed by atoms with Crippen LogP contribution in [0.4, 0.5) is 5.69 Å². The Labute approximate surface area is 110 Å². The number of furan rings is 1. The van der Waals surface area contributed by atoms with Gasteiger partial charge in [-0.05, 0) is 31.2 Å². The van der Waals surface area contributed by atoms with Crippen molar-refractivity contribution in [1.29, 1.82) is 10.5 Å². The van der Waals surface area contributed by atoms with Crippen LogP contribution in [0.5, 0.6) is 0 Å². The first-order valence-corrected chi connectivity index (χ1v) is 5.53. The number of hydrazone groups is 1. The van der Waals surface area contributed by atoms with Gasteiger partial charge in [-0.15, -0.1) is 0 Å². The summed E-state index contributed by atoms with van der Waals surface area (Å²) in [5.41, 5.74) is 4.01. The molecular weight excluding hydrogens is 240 g/mol. The molecule has 0 aliphatic rings. The van der Waals surface area contributed by atoms with Crippen LogP contribution < -0.4 is 5.43 Å². The van der Waals surface area contributed by atoms with Crippen LogP contribution in [0.3, 0.4) is 0 Å². The maximum atomic E-state index is 8.58. The van der Waals surface area contributed by atoms with Gasteiger partial charge in [0.25, 0.3) is 0 Å². The molecule has 0 fully saturated rings. The quantitative estimate of drug-likeness (QED) is 0.670. The van der Waals surface area contributed by atoms with Crippen molar-refractivity contribution in [3.63, 3.8) is 0 Å². The Morgan fingerprint density at radius 2 is 2.00 bits per heavy atom. The highest BCUT2D eigenvalue weighted by atomic mass is 16.3. The number of rotatable bonds is 3. The SMILES string of the molecule is Cc1ccc(-c2cccc(NN=C(C#N)C#N)c2)o1. The van der Waals surface area contributed by atoms with Gasteiger partial charge in [0.15, 0.2) is 0 Å². The molecule has 1 heterocycles. The minimum absolute atomic E-state index is 0.223. The Balaban J connectivity index is 2.24. The van der Waals surface area contributed by atoms with E-state index >= 15 is 0 Å². The van der Waals surface area contributed by atoms with E-state index in [-0.39, 0.29) is 5.71 Å². The number of nitrogens with zero attached hydrogens (tertiary/aromatic N) is 3. The minimum atomic E-state index is -0.223. The largest absolute Gasteiger partial charge is 0.461 e. The van der Waals surface area contributed by atoms with Gasteiger partial charge in [0.2, 0.25) is 5.71 Å². The monoisotopic (exact) mass is 250 g/mol. The average molecular weight is 250 g/mol. The summed E-state index contributed by atoms with van der Waals surface area (Å²) in [7, 11) is 0. The standard InChI is InChI=1S/C14H10N4O/c1-10-5-6-14(19-10)11-3-2-4-12(7-11)17-18-13(8-15)9-16/h2-7,17H,1H3. The molecule has 5 heteroatoms. The summed E-state index contributed by atoms with van der Waals surface area (Å²) < 4.78 is 5.52. The Bertz CT molecular complexity index is 685. The summed E-state index contributed by atoms with van der Waals surface area (Å²) >= 11 is 0. The second-order valence-corrected chi connectivity index (χ2v) is 3.79. The van der Waals surface area contributed by atoms with Crippen LogP contribution in [0.25, 0.3) is 11.3 Å². The molecule has 0 atom stereocenters. The van der Waals surface area contributed by atoms with E-state index in [0.717, 1.165) is 17.1 Å². The zero-order valence-corrected chi connectivity index (χ0v) is 10.2. The van der Waals surface area contributed by atoms with Crippen LogP contribution >= 0.6 is 0 Å². The van der Waals surface area contributed by atoms with Gasteiger partial charge in [0.1, 0.15) is 23.7 Å². The zero-order chi connectivity index (χ0) is 13.7. The van der Waals surface area contributed by atoms with Crippen molar-refractivity contribution in [2.45, 2.75) is 6.92 Å². The average Bonchev–Trinajstić information content (AvgIpc) is 2.87. The van der Waals surface area contributed by atoms with Gasteiger partial charge < -0.3 is 4.42 Å². The lowest BCUT2D eigenvalue weighted by Crippen LogP contribution is -1.96. The number of benzene rings is 1. The number of hydrogen-bond donors (Lipinski definition) is 1. The maximum Gasteiger partial charge on any atom is 0.237 e. The molecule has 0 aliphatic heterocycles. The predicted molar refractivity (Wildman–Crippen MR) is 71.2 cm³/mol. The van der Waals surface area contributed by atoms with Crippen LogP contribution in [0.2, 0.25) is 0 Å². The van der Waals surface area contributed by atoms with Gasteiger partial charge in [-0.2, -0.15) is 15.6 Å². The molecule has 92 valence electrons. The first-order valence-electron chi connectivity index (χ1n) is 5.53. The highest BCUT2D eigenvalue weighted by molar-refractivity contribution is 6.10. The van der Waals surface area contributed by atoms with Crippen molar-refractivity contribution in [2.24, 2.45) is 5.10 Å². The third kappa shape index (κ3) is 2.99. The van der Waals surface area contributed by atoms with Gasteiger partial charge in [0, 0.05) is 5.56 Å². The Morgan fingerprint density at radius 3 is 2.63 bits per heavy atom. The summed E-state index contributed by atoms with van der Waals surface area (Å²) in [6.07, 6.45) is 0. The molecule has 0 saturated heterocycles. The van der Waals surface area contributed by atoms with Crippen molar-refractivity contribution < 1.29 is 4.42 Å². The molecule has 0 unspecified atom stereocenters. The molecule has 1 N–H and O–H groups in total. The molecule has 0 amide bonds. The highest BCUT2D eigenvalue weighted by Crippen LogP contribution is 2.24. The van der Waals surface area contributed by atoms with Crippen LogP contribution in [-0.2, 0) is 0 Å². The van der Waals surface area contributed by atoms with E-state index < -0.39 is 0 Å². The van der Waals surface area contributed by atoms with Crippen LogP contribution in [0.1, 0.15) is 5.76 Å². The van der Waals surface area contributed by atoms with Crippen molar-refractivity contribution in [2.75, 3.05) is 5.43 Å². The second kappa shape index (κ2) is 5.52. The minimum Gasteiger partial charge on any atom is -0.461 e. The first kappa shape index (κ1) is 12.4. The number of aryl methyl sites for hydroxylation is 1. The lowest BCUT2D eigenvalue weighted by molar-refractivity contribution is 0.548. The van der Waals surface area contributed by atoms with Gasteiger partial charge >= 0.3 is 0 Å². The third-order valence-electron chi connectivity index (χ3n) is 2.40. The summed E-state index contributed by atoms with van der Waals surface area (Å²) in [6, 6.07) is 14.5. The zero-order valence-electron chi connectivity index (χ0n) is 10.2. The van der Waals surface area contributed by atoms with E-state index in [9.17, 15) is 0 Å². The number of nitrogens with one attached hydrogen (secondary N) is 1. The van der Waals surface area contributed by atoms with Crippen molar-refractivity contribution in [1.82, 2.24) is 0 Å². The molecule has 1 aromatic carbocycles. The van der Waals surface area contributed by atoms with E-state index in [1.807, 2.05) is 37.3 Å². The van der Waals surface area contributed by atoms with E-state index in [4.69, 9.17) is 14.9 Å². The van der Waals surface area contributed by atoms with Gasteiger partial charge in [-0.3, -0.25) is 5.43 Å². The van der Waals surface area contributed by atoms with E-state index in [2.05, 4.69) is 10.5 Å². The molecule has 0 saturated carbocycles. The molecule has 0 spiro atoms. The van der Waals surface area contributed by atoms with Gasteiger partial charge in [-0.1, -0.05) is 12.1 Å². The van der Waals surface area contributed by atoms with Gasteiger partial charge in [0.05, 0.1) is 5.69 Å². The molecule has 19 heavy (non-hydrogen) atoms. The Morgan fingerprint density at radius 1 is 1.21 bits per heavy atom. The molecule has 2 aromatic rings. The highest BCUT2D eigenvalue weighted by Gasteiger charge is 2.03. The van der Waals surface area contributed by atoms with Crippen LogP contribution in [0.15, 0.2) is 45.9 Å². The number of anilines is 1. The Hall–Kier alpha value is -3.05. The molecule has 2 rings (SSSR count). The second-order valence-electron chi connectivity index (χ2n) is 3.79. The van der Waals surface area contributed by atoms with E-state index in [0.29, 0.717) is 5.69 Å². The topological polar surface area (TPSA) is 85.1 Å². The smallest absolute Gasteiger partial charge is 0.237 e. The Kier molecular flexibility index (Phi) is 3.61. The molecule has 0 aliphatic carbocycles. The summed E-state index contributed by atoms with van der Waals surface area (Å²) in [6.45, 7) is 1.88. The van der Waals surface area contributed by atoms with Crippen LogP contribution in [0, 0.1) is 29.6 Å². The fourth-order valence-electron chi connectivity index (χ4n) is 1.53. The van der Waals surface area contributed by atoms with Crippen molar-refractivity contribution in [3.05, 3.63) is 42.2 Å². The van der Waals surface area contributed by atoms with Gasteiger partial charge in [-0.25, -0.2) is 0 Å². The molecule has 5 nitrogen and oxygen atoms in total. The molecule has 0 bridgehead atoms. The lowest BCUT2D eigenvalue weighted by atomic mass is 10.1.